The van der Waals surface area contributed by atoms with Crippen molar-refractivity contribution < 1.29 is 20.1 Å². The van der Waals surface area contributed by atoms with Crippen molar-refractivity contribution in [3.63, 3.8) is 0 Å². The Bertz CT molecular complexity index is 240. The van der Waals surface area contributed by atoms with Crippen molar-refractivity contribution in [2.45, 2.75) is 38.3 Å². The van der Waals surface area contributed by atoms with Gasteiger partial charge in [-0.15, -0.1) is 5.92 Å². The molecule has 3 N–H and O–H groups in total. The van der Waals surface area contributed by atoms with Gasteiger partial charge in [0.15, 0.2) is 0 Å². The zero-order chi connectivity index (χ0) is 10.7. The largest absolute Gasteiger partial charge is 0.394 e. The van der Waals surface area contributed by atoms with Crippen LogP contribution in [0.25, 0.3) is 0 Å². The van der Waals surface area contributed by atoms with Crippen molar-refractivity contribution in [1.29, 1.82) is 0 Å². The normalized spacial score (nSPS) is 42.8. The molecule has 1 aliphatic rings. The zero-order valence-corrected chi connectivity index (χ0v) is 8.34. The summed E-state index contributed by atoms with van der Waals surface area (Å²) in [4.78, 5) is 0. The van der Waals surface area contributed by atoms with E-state index in [-0.39, 0.29) is 12.5 Å². The lowest BCUT2D eigenvalue weighted by atomic mass is 9.88. The molecule has 4 heteroatoms. The first-order chi connectivity index (χ1) is 6.61. The van der Waals surface area contributed by atoms with Crippen LogP contribution in [-0.4, -0.2) is 46.3 Å². The minimum Gasteiger partial charge on any atom is -0.394 e. The summed E-state index contributed by atoms with van der Waals surface area (Å²) in [7, 11) is 0. The number of hydrogen-bond donors (Lipinski definition) is 3. The summed E-state index contributed by atoms with van der Waals surface area (Å²) in [6.45, 7) is 3.19. The van der Waals surface area contributed by atoms with Gasteiger partial charge in [-0.2, -0.15) is 0 Å². The third-order valence-electron chi connectivity index (χ3n) is 2.57. The summed E-state index contributed by atoms with van der Waals surface area (Å²) in [5, 5.41) is 28.2. The fourth-order valence-electron chi connectivity index (χ4n) is 1.57. The van der Waals surface area contributed by atoms with Gasteiger partial charge in [-0.3, -0.25) is 0 Å². The lowest BCUT2D eigenvalue weighted by Gasteiger charge is -2.39. The molecule has 14 heavy (non-hydrogen) atoms. The molecule has 0 aromatic carbocycles. The Hall–Kier alpha value is -0.600. The molecule has 4 nitrogen and oxygen atoms in total. The van der Waals surface area contributed by atoms with Crippen molar-refractivity contribution in [2.75, 3.05) is 6.61 Å². The van der Waals surface area contributed by atoms with Crippen LogP contribution in [-0.2, 0) is 4.74 Å². The molecule has 0 aliphatic carbocycles. The number of aliphatic hydroxyl groups is 3. The summed E-state index contributed by atoms with van der Waals surface area (Å²) in [5.41, 5.74) is 0. The number of aliphatic hydroxyl groups excluding tert-OH is 3. The highest BCUT2D eigenvalue weighted by Crippen LogP contribution is 2.25. The average Bonchev–Trinajstić information content (AvgIpc) is 2.19. The van der Waals surface area contributed by atoms with Crippen LogP contribution in [0, 0.1) is 17.8 Å². The van der Waals surface area contributed by atoms with E-state index in [1.165, 1.54) is 0 Å². The van der Waals surface area contributed by atoms with E-state index in [1.54, 1.807) is 13.8 Å². The molecule has 5 atom stereocenters. The maximum absolute atomic E-state index is 9.64. The van der Waals surface area contributed by atoms with E-state index in [0.717, 1.165) is 0 Å². The van der Waals surface area contributed by atoms with Crippen LogP contribution in [0.2, 0.25) is 0 Å². The van der Waals surface area contributed by atoms with E-state index >= 15 is 0 Å². The van der Waals surface area contributed by atoms with Crippen LogP contribution in [0.3, 0.4) is 0 Å². The second kappa shape index (κ2) is 4.76. The Morgan fingerprint density at radius 1 is 1.29 bits per heavy atom. The van der Waals surface area contributed by atoms with Gasteiger partial charge >= 0.3 is 0 Å². The number of ether oxygens (including phenoxy) is 1. The Morgan fingerprint density at radius 2 is 1.93 bits per heavy atom. The van der Waals surface area contributed by atoms with Gasteiger partial charge in [0.05, 0.1) is 18.8 Å². The summed E-state index contributed by atoms with van der Waals surface area (Å²) < 4.78 is 5.34. The first kappa shape index (κ1) is 11.5. The fourth-order valence-corrected chi connectivity index (χ4v) is 1.57. The first-order valence-electron chi connectivity index (χ1n) is 4.66. The van der Waals surface area contributed by atoms with Crippen LogP contribution >= 0.6 is 0 Å². The summed E-state index contributed by atoms with van der Waals surface area (Å²) in [6.07, 6.45) is -3.06. The monoisotopic (exact) mass is 200 g/mol. The smallest absolute Gasteiger partial charge is 0.146 e. The Balaban J connectivity index is 2.76. The number of rotatable bonds is 1. The Kier molecular flexibility index (Phi) is 3.90. The number of hydrogen-bond acceptors (Lipinski definition) is 4. The summed E-state index contributed by atoms with van der Waals surface area (Å²) in [5.74, 6) is 4.99. The summed E-state index contributed by atoms with van der Waals surface area (Å²) in [6, 6.07) is 0. The molecular weight excluding hydrogens is 184 g/mol. The molecule has 1 saturated heterocycles. The molecule has 1 aliphatic heterocycles. The predicted octanol–water partition coefficient (Wildman–Crippen LogP) is -0.873. The van der Waals surface area contributed by atoms with E-state index in [0.29, 0.717) is 0 Å². The molecule has 1 heterocycles. The van der Waals surface area contributed by atoms with Gasteiger partial charge in [0.2, 0.25) is 0 Å². The van der Waals surface area contributed by atoms with Crippen molar-refractivity contribution in [3.8, 4) is 11.8 Å². The Labute approximate surface area is 83.5 Å². The SMILES string of the molecule is CC#C[C@H]1O[C@H](CO)[C@@H](C)[C@H](O)[C@@H]1O. The van der Waals surface area contributed by atoms with Gasteiger partial charge < -0.3 is 20.1 Å². The van der Waals surface area contributed by atoms with Gasteiger partial charge in [0, 0.05) is 5.92 Å². The van der Waals surface area contributed by atoms with E-state index < -0.39 is 24.4 Å². The molecule has 0 radical (unpaired) electrons. The second-order valence-corrected chi connectivity index (χ2v) is 3.51. The summed E-state index contributed by atoms with van der Waals surface area (Å²) >= 11 is 0. The topological polar surface area (TPSA) is 69.9 Å². The van der Waals surface area contributed by atoms with E-state index in [2.05, 4.69) is 11.8 Å². The minimum absolute atomic E-state index is 0.174. The van der Waals surface area contributed by atoms with Crippen LogP contribution in [0.1, 0.15) is 13.8 Å². The lowest BCUT2D eigenvalue weighted by molar-refractivity contribution is -0.186. The van der Waals surface area contributed by atoms with Gasteiger partial charge in [-0.25, -0.2) is 0 Å². The van der Waals surface area contributed by atoms with E-state index in [4.69, 9.17) is 9.84 Å². The molecule has 0 spiro atoms. The van der Waals surface area contributed by atoms with E-state index in [1.807, 2.05) is 0 Å². The van der Waals surface area contributed by atoms with Crippen molar-refractivity contribution in [1.82, 2.24) is 0 Å². The third kappa shape index (κ3) is 2.07. The van der Waals surface area contributed by atoms with Crippen LogP contribution in [0.4, 0.5) is 0 Å². The molecule has 80 valence electrons. The first-order valence-corrected chi connectivity index (χ1v) is 4.66. The molecule has 0 unspecified atom stereocenters. The van der Waals surface area contributed by atoms with Gasteiger partial charge in [0.1, 0.15) is 12.2 Å². The van der Waals surface area contributed by atoms with Gasteiger partial charge in [-0.1, -0.05) is 12.8 Å². The minimum atomic E-state index is -1.000. The molecular formula is C10H16O4. The van der Waals surface area contributed by atoms with Crippen LogP contribution in [0.15, 0.2) is 0 Å². The van der Waals surface area contributed by atoms with Crippen molar-refractivity contribution >= 4 is 0 Å². The van der Waals surface area contributed by atoms with E-state index in [9.17, 15) is 10.2 Å². The van der Waals surface area contributed by atoms with Crippen LogP contribution in [0.5, 0.6) is 0 Å². The standard InChI is InChI=1S/C10H16O4/c1-3-4-7-10(13)9(12)6(2)8(5-11)14-7/h6-13H,5H2,1-2H3/t6-,7-,8-,9+,10-/m1/s1. The predicted molar refractivity (Wildman–Crippen MR) is 50.4 cm³/mol. The Morgan fingerprint density at radius 3 is 2.43 bits per heavy atom. The molecule has 0 aromatic heterocycles. The lowest BCUT2D eigenvalue weighted by Crippen LogP contribution is -2.54. The highest BCUT2D eigenvalue weighted by molar-refractivity contribution is 5.09. The molecule has 0 amide bonds. The van der Waals surface area contributed by atoms with Crippen LogP contribution < -0.4 is 0 Å². The fraction of sp³-hybridized carbons (Fsp3) is 0.800. The maximum atomic E-state index is 9.64. The van der Waals surface area contributed by atoms with Crippen molar-refractivity contribution in [3.05, 3.63) is 0 Å². The molecule has 1 fully saturated rings. The third-order valence-corrected chi connectivity index (χ3v) is 2.57. The zero-order valence-electron chi connectivity index (χ0n) is 8.34. The van der Waals surface area contributed by atoms with Crippen molar-refractivity contribution in [2.24, 2.45) is 5.92 Å². The van der Waals surface area contributed by atoms with Gasteiger partial charge in [-0.05, 0) is 6.92 Å². The second-order valence-electron chi connectivity index (χ2n) is 3.51. The highest BCUT2D eigenvalue weighted by Gasteiger charge is 2.40. The van der Waals surface area contributed by atoms with Gasteiger partial charge in [0.25, 0.3) is 0 Å². The molecule has 0 saturated carbocycles. The molecule has 1 rings (SSSR count). The quantitative estimate of drug-likeness (QED) is 0.481. The average molecular weight is 200 g/mol. The highest BCUT2D eigenvalue weighted by atomic mass is 16.5. The molecule has 0 aromatic rings. The maximum Gasteiger partial charge on any atom is 0.146 e. The molecule has 0 bridgehead atoms.